The second-order valence-electron chi connectivity index (χ2n) is 4.16. The van der Waals surface area contributed by atoms with E-state index in [-0.39, 0.29) is 12.5 Å². The number of hydrogen-bond acceptors (Lipinski definition) is 5. The van der Waals surface area contributed by atoms with Gasteiger partial charge in [-0.2, -0.15) is 5.10 Å². The molecule has 22 heavy (non-hydrogen) atoms. The largest absolute Gasteiger partial charge is 0.497 e. The van der Waals surface area contributed by atoms with Crippen molar-refractivity contribution in [1.82, 2.24) is 10.4 Å². The SMILES string of the molecule is COc1ccc(OCC(=O)N/N=C/c2ccncc2)c(Br)c1. The topological polar surface area (TPSA) is 72.8 Å². The van der Waals surface area contributed by atoms with Crippen molar-refractivity contribution in [2.75, 3.05) is 13.7 Å². The molecule has 0 saturated heterocycles. The Morgan fingerprint density at radius 1 is 1.36 bits per heavy atom. The summed E-state index contributed by atoms with van der Waals surface area (Å²) in [5.74, 6) is 0.896. The molecule has 0 bridgehead atoms. The van der Waals surface area contributed by atoms with Crippen molar-refractivity contribution < 1.29 is 14.3 Å². The Balaban J connectivity index is 1.82. The maximum atomic E-state index is 11.6. The number of aromatic nitrogens is 1. The van der Waals surface area contributed by atoms with Crippen molar-refractivity contribution >= 4 is 28.1 Å². The van der Waals surface area contributed by atoms with Gasteiger partial charge in [0.05, 0.1) is 17.8 Å². The Kier molecular flexibility index (Phi) is 5.91. The first-order valence-corrected chi connectivity index (χ1v) is 7.16. The van der Waals surface area contributed by atoms with Crippen LogP contribution in [0.5, 0.6) is 11.5 Å². The molecule has 0 aliphatic carbocycles. The van der Waals surface area contributed by atoms with E-state index in [1.54, 1.807) is 49.8 Å². The number of hydrazone groups is 1. The zero-order valence-corrected chi connectivity index (χ0v) is 13.4. The molecule has 1 amide bonds. The van der Waals surface area contributed by atoms with E-state index in [0.717, 1.165) is 5.56 Å². The third kappa shape index (κ3) is 4.85. The lowest BCUT2D eigenvalue weighted by Gasteiger charge is -2.08. The molecule has 1 N–H and O–H groups in total. The van der Waals surface area contributed by atoms with Gasteiger partial charge in [0.25, 0.3) is 5.91 Å². The van der Waals surface area contributed by atoms with Gasteiger partial charge in [-0.1, -0.05) is 0 Å². The first kappa shape index (κ1) is 16.0. The number of pyridine rings is 1. The Morgan fingerprint density at radius 3 is 2.82 bits per heavy atom. The highest BCUT2D eigenvalue weighted by Crippen LogP contribution is 2.28. The van der Waals surface area contributed by atoms with Crippen LogP contribution in [0.25, 0.3) is 0 Å². The lowest BCUT2D eigenvalue weighted by atomic mass is 10.3. The third-order valence-electron chi connectivity index (χ3n) is 2.61. The van der Waals surface area contributed by atoms with Crippen molar-refractivity contribution in [3.05, 3.63) is 52.8 Å². The normalized spacial score (nSPS) is 10.5. The van der Waals surface area contributed by atoms with Crippen LogP contribution >= 0.6 is 15.9 Å². The van der Waals surface area contributed by atoms with Crippen molar-refractivity contribution in [2.45, 2.75) is 0 Å². The highest BCUT2D eigenvalue weighted by Gasteiger charge is 2.06. The van der Waals surface area contributed by atoms with Crippen LogP contribution in [-0.2, 0) is 4.79 Å². The average Bonchev–Trinajstić information content (AvgIpc) is 2.54. The van der Waals surface area contributed by atoms with Gasteiger partial charge in [-0.15, -0.1) is 0 Å². The minimum atomic E-state index is -0.354. The second kappa shape index (κ2) is 8.14. The first-order chi connectivity index (χ1) is 10.7. The van der Waals surface area contributed by atoms with Gasteiger partial charge in [0.1, 0.15) is 11.5 Å². The van der Waals surface area contributed by atoms with Gasteiger partial charge in [-0.25, -0.2) is 5.43 Å². The molecule has 0 aliphatic heterocycles. The summed E-state index contributed by atoms with van der Waals surface area (Å²) in [6, 6.07) is 8.78. The summed E-state index contributed by atoms with van der Waals surface area (Å²) in [4.78, 5) is 15.5. The zero-order valence-electron chi connectivity index (χ0n) is 11.8. The number of ether oxygens (including phenoxy) is 2. The summed E-state index contributed by atoms with van der Waals surface area (Å²) in [6.07, 6.45) is 4.82. The molecule has 0 atom stereocenters. The fourth-order valence-corrected chi connectivity index (χ4v) is 2.00. The monoisotopic (exact) mass is 363 g/mol. The predicted molar refractivity (Wildman–Crippen MR) is 86.2 cm³/mol. The molecule has 1 heterocycles. The van der Waals surface area contributed by atoms with Gasteiger partial charge in [0.15, 0.2) is 6.61 Å². The van der Waals surface area contributed by atoms with Crippen LogP contribution in [0.3, 0.4) is 0 Å². The molecule has 1 aromatic carbocycles. The summed E-state index contributed by atoms with van der Waals surface area (Å²) < 4.78 is 11.2. The molecular weight excluding hydrogens is 350 g/mol. The molecule has 0 saturated carbocycles. The van der Waals surface area contributed by atoms with Crippen LogP contribution in [-0.4, -0.2) is 30.8 Å². The maximum absolute atomic E-state index is 11.6. The van der Waals surface area contributed by atoms with Crippen molar-refractivity contribution in [3.63, 3.8) is 0 Å². The highest BCUT2D eigenvalue weighted by molar-refractivity contribution is 9.10. The number of nitrogens with zero attached hydrogens (tertiary/aromatic N) is 2. The zero-order chi connectivity index (χ0) is 15.8. The average molecular weight is 364 g/mol. The number of halogens is 1. The van der Waals surface area contributed by atoms with Crippen LogP contribution in [0.1, 0.15) is 5.56 Å². The van der Waals surface area contributed by atoms with Crippen LogP contribution in [0.2, 0.25) is 0 Å². The smallest absolute Gasteiger partial charge is 0.277 e. The van der Waals surface area contributed by atoms with E-state index in [4.69, 9.17) is 9.47 Å². The van der Waals surface area contributed by atoms with Gasteiger partial charge in [-0.05, 0) is 51.8 Å². The van der Waals surface area contributed by atoms with Crippen molar-refractivity contribution in [3.8, 4) is 11.5 Å². The van der Waals surface area contributed by atoms with Gasteiger partial charge < -0.3 is 9.47 Å². The van der Waals surface area contributed by atoms with Crippen LogP contribution in [0.4, 0.5) is 0 Å². The predicted octanol–water partition coefficient (Wildman–Crippen LogP) is 2.38. The molecule has 2 aromatic rings. The molecule has 6 nitrogen and oxygen atoms in total. The lowest BCUT2D eigenvalue weighted by Crippen LogP contribution is -2.24. The molecule has 0 fully saturated rings. The number of nitrogens with one attached hydrogen (secondary N) is 1. The van der Waals surface area contributed by atoms with Crippen LogP contribution in [0.15, 0.2) is 52.3 Å². The number of methoxy groups -OCH3 is 1. The molecular formula is C15H14BrN3O3. The number of benzene rings is 1. The summed E-state index contributed by atoms with van der Waals surface area (Å²) in [7, 11) is 1.58. The number of carbonyl (C=O) groups is 1. The van der Waals surface area contributed by atoms with Crippen molar-refractivity contribution in [1.29, 1.82) is 0 Å². The quantitative estimate of drug-likeness (QED) is 0.631. The lowest BCUT2D eigenvalue weighted by molar-refractivity contribution is -0.123. The van der Waals surface area contributed by atoms with Gasteiger partial charge in [0, 0.05) is 12.4 Å². The van der Waals surface area contributed by atoms with E-state index in [1.165, 1.54) is 6.21 Å². The first-order valence-electron chi connectivity index (χ1n) is 6.37. The van der Waals surface area contributed by atoms with E-state index in [9.17, 15) is 4.79 Å². The minimum Gasteiger partial charge on any atom is -0.497 e. The molecule has 0 unspecified atom stereocenters. The number of carbonyl (C=O) groups excluding carboxylic acids is 1. The third-order valence-corrected chi connectivity index (χ3v) is 3.23. The number of hydrogen-bond donors (Lipinski definition) is 1. The molecule has 7 heteroatoms. The van der Waals surface area contributed by atoms with Gasteiger partial charge >= 0.3 is 0 Å². The number of amides is 1. The molecule has 1 aromatic heterocycles. The summed E-state index contributed by atoms with van der Waals surface area (Å²) in [6.45, 7) is -0.140. The second-order valence-corrected chi connectivity index (χ2v) is 5.01. The molecule has 0 aliphatic rings. The standard InChI is InChI=1S/C15H14BrN3O3/c1-21-12-2-3-14(13(16)8-12)22-10-15(20)19-18-9-11-4-6-17-7-5-11/h2-9H,10H2,1H3,(H,19,20)/b18-9+. The van der Waals surface area contributed by atoms with E-state index in [1.807, 2.05) is 0 Å². The Morgan fingerprint density at radius 2 is 2.14 bits per heavy atom. The van der Waals surface area contributed by atoms with Gasteiger partial charge in [0.2, 0.25) is 0 Å². The fourth-order valence-electron chi connectivity index (χ4n) is 1.53. The fraction of sp³-hybridized carbons (Fsp3) is 0.133. The van der Waals surface area contributed by atoms with Crippen molar-refractivity contribution in [2.24, 2.45) is 5.10 Å². The van der Waals surface area contributed by atoms with Gasteiger partial charge in [-0.3, -0.25) is 9.78 Å². The van der Waals surface area contributed by atoms with E-state index >= 15 is 0 Å². The number of rotatable bonds is 6. The highest BCUT2D eigenvalue weighted by atomic mass is 79.9. The van der Waals surface area contributed by atoms with Crippen LogP contribution < -0.4 is 14.9 Å². The minimum absolute atomic E-state index is 0.140. The summed E-state index contributed by atoms with van der Waals surface area (Å²) in [5, 5.41) is 3.84. The Hall–Kier alpha value is -2.41. The summed E-state index contributed by atoms with van der Waals surface area (Å²) >= 11 is 3.35. The molecule has 114 valence electrons. The maximum Gasteiger partial charge on any atom is 0.277 e. The molecule has 0 spiro atoms. The molecule has 2 rings (SSSR count). The molecule has 0 radical (unpaired) electrons. The van der Waals surface area contributed by atoms with E-state index in [0.29, 0.717) is 16.0 Å². The Bertz CT molecular complexity index is 662. The Labute approximate surface area is 136 Å². The van der Waals surface area contributed by atoms with E-state index in [2.05, 4.69) is 31.4 Å². The summed E-state index contributed by atoms with van der Waals surface area (Å²) in [5.41, 5.74) is 3.23. The van der Waals surface area contributed by atoms with E-state index < -0.39 is 0 Å². The van der Waals surface area contributed by atoms with Crippen LogP contribution in [0, 0.1) is 0 Å².